The molecule has 4 heteroatoms. The van der Waals surface area contributed by atoms with Gasteiger partial charge in [-0.1, -0.05) is 26.2 Å². The number of nitrogens with zero attached hydrogens (tertiary/aromatic N) is 1. The molecule has 104 valence electrons. The molecule has 0 radical (unpaired) electrons. The lowest BCUT2D eigenvalue weighted by Gasteiger charge is -2.20. The van der Waals surface area contributed by atoms with Crippen molar-refractivity contribution in [1.29, 1.82) is 0 Å². The predicted molar refractivity (Wildman–Crippen MR) is 72.1 cm³/mol. The number of amides is 2. The Kier molecular flexibility index (Phi) is 6.16. The van der Waals surface area contributed by atoms with Crippen LogP contribution in [0.2, 0.25) is 0 Å². The van der Waals surface area contributed by atoms with E-state index in [2.05, 4.69) is 12.2 Å². The molecular formula is C14H26N2O2. The largest absolute Gasteiger partial charge is 0.356 e. The highest BCUT2D eigenvalue weighted by molar-refractivity contribution is 5.89. The molecule has 1 atom stereocenters. The lowest BCUT2D eigenvalue weighted by atomic mass is 10.1. The predicted octanol–water partition coefficient (Wildman–Crippen LogP) is 1.94. The van der Waals surface area contributed by atoms with Gasteiger partial charge in [0.1, 0.15) is 0 Å². The summed E-state index contributed by atoms with van der Waals surface area (Å²) in [7, 11) is 0. The highest BCUT2D eigenvalue weighted by Crippen LogP contribution is 2.20. The van der Waals surface area contributed by atoms with Crippen molar-refractivity contribution in [2.75, 3.05) is 13.1 Å². The highest BCUT2D eigenvalue weighted by Gasteiger charge is 2.35. The molecule has 0 unspecified atom stereocenters. The van der Waals surface area contributed by atoms with Crippen LogP contribution in [0.15, 0.2) is 0 Å². The maximum Gasteiger partial charge on any atom is 0.225 e. The summed E-state index contributed by atoms with van der Waals surface area (Å²) in [4.78, 5) is 25.4. The fraction of sp³-hybridized carbons (Fsp3) is 0.857. The van der Waals surface area contributed by atoms with Crippen molar-refractivity contribution in [2.45, 2.75) is 58.9 Å². The second kappa shape index (κ2) is 7.39. The molecule has 0 aromatic carbocycles. The average Bonchev–Trinajstić information content (AvgIpc) is 2.71. The van der Waals surface area contributed by atoms with Crippen molar-refractivity contribution in [3.05, 3.63) is 0 Å². The Morgan fingerprint density at radius 1 is 1.39 bits per heavy atom. The first-order chi connectivity index (χ1) is 8.56. The summed E-state index contributed by atoms with van der Waals surface area (Å²) in [6, 6.07) is 0.194. The van der Waals surface area contributed by atoms with Crippen molar-refractivity contribution < 1.29 is 9.59 Å². The first-order valence-corrected chi connectivity index (χ1v) is 7.13. The van der Waals surface area contributed by atoms with Crippen molar-refractivity contribution in [3.8, 4) is 0 Å². The van der Waals surface area contributed by atoms with E-state index in [4.69, 9.17) is 0 Å². The fourth-order valence-electron chi connectivity index (χ4n) is 2.31. The quantitative estimate of drug-likeness (QED) is 0.706. The van der Waals surface area contributed by atoms with E-state index in [1.165, 1.54) is 19.3 Å². The van der Waals surface area contributed by atoms with Gasteiger partial charge >= 0.3 is 0 Å². The van der Waals surface area contributed by atoms with Crippen molar-refractivity contribution in [2.24, 2.45) is 5.92 Å². The molecule has 1 saturated heterocycles. The molecule has 0 saturated carbocycles. The van der Waals surface area contributed by atoms with Crippen LogP contribution in [0, 0.1) is 5.92 Å². The molecule has 0 aliphatic carbocycles. The minimum absolute atomic E-state index is 0.0444. The van der Waals surface area contributed by atoms with Gasteiger partial charge in [-0.05, 0) is 20.3 Å². The zero-order valence-corrected chi connectivity index (χ0v) is 11.9. The number of carbonyl (C=O) groups is 2. The Balaban J connectivity index is 2.25. The molecule has 0 aromatic rings. The topological polar surface area (TPSA) is 49.4 Å². The molecule has 1 N–H and O–H groups in total. The smallest absolute Gasteiger partial charge is 0.225 e. The number of nitrogens with one attached hydrogen (secondary N) is 1. The van der Waals surface area contributed by atoms with Crippen LogP contribution in [0.4, 0.5) is 0 Å². The van der Waals surface area contributed by atoms with Crippen molar-refractivity contribution >= 4 is 11.8 Å². The summed E-state index contributed by atoms with van der Waals surface area (Å²) in [6.45, 7) is 7.47. The number of carbonyl (C=O) groups excluding carboxylic acids is 2. The van der Waals surface area contributed by atoms with E-state index in [1.54, 1.807) is 4.90 Å². The summed E-state index contributed by atoms with van der Waals surface area (Å²) in [5.41, 5.74) is 0. The molecule has 1 aliphatic heterocycles. The zero-order valence-electron chi connectivity index (χ0n) is 11.9. The van der Waals surface area contributed by atoms with Crippen molar-refractivity contribution in [1.82, 2.24) is 10.2 Å². The van der Waals surface area contributed by atoms with Gasteiger partial charge in [-0.25, -0.2) is 0 Å². The van der Waals surface area contributed by atoms with E-state index in [0.29, 0.717) is 13.0 Å². The van der Waals surface area contributed by atoms with Gasteiger partial charge in [0.15, 0.2) is 0 Å². The number of rotatable bonds is 7. The summed E-state index contributed by atoms with van der Waals surface area (Å²) >= 11 is 0. The van der Waals surface area contributed by atoms with E-state index in [-0.39, 0.29) is 23.8 Å². The van der Waals surface area contributed by atoms with Gasteiger partial charge in [-0.3, -0.25) is 9.59 Å². The van der Waals surface area contributed by atoms with Crippen molar-refractivity contribution in [3.63, 3.8) is 0 Å². The summed E-state index contributed by atoms with van der Waals surface area (Å²) in [5.74, 6) is 0.00482. The monoisotopic (exact) mass is 254 g/mol. The number of likely N-dealkylation sites (tertiary alicyclic amines) is 1. The molecule has 1 heterocycles. The lowest BCUT2D eigenvalue weighted by Crippen LogP contribution is -2.35. The number of hydrogen-bond acceptors (Lipinski definition) is 2. The van der Waals surface area contributed by atoms with Crippen LogP contribution in [0.25, 0.3) is 0 Å². The second-order valence-corrected chi connectivity index (χ2v) is 5.39. The normalized spacial score (nSPS) is 19.7. The van der Waals surface area contributed by atoms with Crippen LogP contribution in [0.5, 0.6) is 0 Å². The third-order valence-electron chi connectivity index (χ3n) is 3.48. The number of unbranched alkanes of at least 4 members (excludes halogenated alkanes) is 3. The van der Waals surface area contributed by atoms with Crippen LogP contribution in [0.3, 0.4) is 0 Å². The maximum absolute atomic E-state index is 11.9. The Hall–Kier alpha value is -1.06. The third-order valence-corrected chi connectivity index (χ3v) is 3.48. The van der Waals surface area contributed by atoms with E-state index in [1.807, 2.05) is 13.8 Å². The minimum atomic E-state index is -0.147. The molecule has 0 aromatic heterocycles. The van der Waals surface area contributed by atoms with Crippen LogP contribution in [-0.2, 0) is 9.59 Å². The first kappa shape index (κ1) is 15.0. The highest BCUT2D eigenvalue weighted by atomic mass is 16.2. The van der Waals surface area contributed by atoms with Gasteiger partial charge in [-0.15, -0.1) is 0 Å². The standard InChI is InChI=1S/C14H26N2O2/c1-4-5-6-7-8-15-14(18)12-9-13(17)16(10-12)11(2)3/h11-12H,4-10H2,1-3H3,(H,15,18)/t12-/m1/s1. The third kappa shape index (κ3) is 4.31. The number of hydrogen-bond donors (Lipinski definition) is 1. The van der Waals surface area contributed by atoms with Gasteiger partial charge in [0.25, 0.3) is 0 Å². The van der Waals surface area contributed by atoms with Gasteiger partial charge in [0.2, 0.25) is 11.8 Å². The zero-order chi connectivity index (χ0) is 13.5. The Morgan fingerprint density at radius 2 is 2.11 bits per heavy atom. The van der Waals surface area contributed by atoms with Crippen LogP contribution < -0.4 is 5.32 Å². The Labute approximate surface area is 110 Å². The minimum Gasteiger partial charge on any atom is -0.356 e. The summed E-state index contributed by atoms with van der Waals surface area (Å²) in [5, 5.41) is 2.95. The molecular weight excluding hydrogens is 228 g/mol. The van der Waals surface area contributed by atoms with Gasteiger partial charge in [-0.2, -0.15) is 0 Å². The van der Waals surface area contributed by atoms with E-state index < -0.39 is 0 Å². The fourth-order valence-corrected chi connectivity index (χ4v) is 2.31. The second-order valence-electron chi connectivity index (χ2n) is 5.39. The summed E-state index contributed by atoms with van der Waals surface area (Å²) < 4.78 is 0. The van der Waals surface area contributed by atoms with Gasteiger partial charge in [0, 0.05) is 25.6 Å². The SMILES string of the molecule is CCCCCCNC(=O)[C@@H]1CC(=O)N(C(C)C)C1. The maximum atomic E-state index is 11.9. The molecule has 2 amide bonds. The molecule has 0 spiro atoms. The Bertz CT molecular complexity index is 290. The first-order valence-electron chi connectivity index (χ1n) is 7.13. The van der Waals surface area contributed by atoms with E-state index >= 15 is 0 Å². The molecule has 1 aliphatic rings. The molecule has 1 rings (SSSR count). The Morgan fingerprint density at radius 3 is 2.67 bits per heavy atom. The molecule has 18 heavy (non-hydrogen) atoms. The molecule has 1 fully saturated rings. The van der Waals surface area contributed by atoms with Crippen LogP contribution >= 0.6 is 0 Å². The molecule has 4 nitrogen and oxygen atoms in total. The van der Waals surface area contributed by atoms with Gasteiger partial charge in [0.05, 0.1) is 5.92 Å². The summed E-state index contributed by atoms with van der Waals surface area (Å²) in [6.07, 6.45) is 5.00. The van der Waals surface area contributed by atoms with Crippen LogP contribution in [-0.4, -0.2) is 35.8 Å². The van der Waals surface area contributed by atoms with Crippen LogP contribution in [0.1, 0.15) is 52.9 Å². The average molecular weight is 254 g/mol. The lowest BCUT2D eigenvalue weighted by molar-refractivity contribution is -0.129. The van der Waals surface area contributed by atoms with Gasteiger partial charge < -0.3 is 10.2 Å². The molecule has 0 bridgehead atoms. The van der Waals surface area contributed by atoms with E-state index in [0.717, 1.165) is 13.0 Å². The van der Waals surface area contributed by atoms with E-state index in [9.17, 15) is 9.59 Å².